The van der Waals surface area contributed by atoms with Crippen LogP contribution in [0, 0.1) is 0 Å². The standard InChI is InChI=1S/C30H39NO6P/c31-26-30(32)37-23-22-35-19-18-33-16-17-34-20-21-36-24-25-38(27-10-4-1-5-11-27,28-12-6-2-7-13-28)29-14-8-3-9-15-29/h1-15H,16-26,31H2/q+1. The molecule has 0 saturated carbocycles. The molecule has 0 atom stereocenters. The fraction of sp³-hybridized carbons (Fsp3) is 0.367. The van der Waals surface area contributed by atoms with E-state index in [0.29, 0.717) is 52.9 Å². The molecule has 0 heterocycles. The van der Waals surface area contributed by atoms with E-state index >= 15 is 0 Å². The highest BCUT2D eigenvalue weighted by Gasteiger charge is 2.44. The molecule has 0 amide bonds. The molecule has 3 rings (SSSR count). The maximum absolute atomic E-state index is 10.9. The Balaban J connectivity index is 1.39. The van der Waals surface area contributed by atoms with E-state index in [4.69, 9.17) is 29.4 Å². The lowest BCUT2D eigenvalue weighted by molar-refractivity contribution is -0.143. The van der Waals surface area contributed by atoms with Crippen LogP contribution in [-0.4, -0.2) is 78.1 Å². The van der Waals surface area contributed by atoms with Crippen molar-refractivity contribution in [1.82, 2.24) is 0 Å². The van der Waals surface area contributed by atoms with E-state index in [2.05, 4.69) is 91.0 Å². The highest BCUT2D eigenvalue weighted by molar-refractivity contribution is 7.95. The van der Waals surface area contributed by atoms with E-state index in [-0.39, 0.29) is 13.2 Å². The minimum atomic E-state index is -1.87. The van der Waals surface area contributed by atoms with Crippen molar-refractivity contribution < 1.29 is 28.5 Å². The Labute approximate surface area is 226 Å². The van der Waals surface area contributed by atoms with Gasteiger partial charge in [-0.3, -0.25) is 4.79 Å². The van der Waals surface area contributed by atoms with Gasteiger partial charge < -0.3 is 29.4 Å². The summed E-state index contributed by atoms with van der Waals surface area (Å²) >= 11 is 0. The van der Waals surface area contributed by atoms with Crippen LogP contribution in [0.1, 0.15) is 0 Å². The Hall–Kier alpha value is -2.64. The van der Waals surface area contributed by atoms with E-state index < -0.39 is 13.2 Å². The van der Waals surface area contributed by atoms with Gasteiger partial charge in [0.25, 0.3) is 0 Å². The number of hydrogen-bond donors (Lipinski definition) is 1. The number of carbonyl (C=O) groups excluding carboxylic acids is 1. The molecule has 204 valence electrons. The zero-order chi connectivity index (χ0) is 26.7. The summed E-state index contributed by atoms with van der Waals surface area (Å²) in [6.07, 6.45) is 0.916. The molecule has 0 saturated heterocycles. The second-order valence-electron chi connectivity index (χ2n) is 8.41. The fourth-order valence-corrected chi connectivity index (χ4v) is 8.23. The lowest BCUT2D eigenvalue weighted by Gasteiger charge is -2.27. The Bertz CT molecular complexity index is 926. The molecule has 38 heavy (non-hydrogen) atoms. The van der Waals surface area contributed by atoms with Crippen molar-refractivity contribution in [2.75, 3.05) is 72.2 Å². The van der Waals surface area contributed by atoms with Crippen LogP contribution in [0.4, 0.5) is 0 Å². The second-order valence-corrected chi connectivity index (χ2v) is 12.0. The number of hydrogen-bond acceptors (Lipinski definition) is 7. The Morgan fingerprint density at radius 1 is 0.526 bits per heavy atom. The summed E-state index contributed by atoms with van der Waals surface area (Å²) in [6.45, 7) is 3.95. The number of ether oxygens (including phenoxy) is 5. The average Bonchev–Trinajstić information content (AvgIpc) is 2.98. The lowest BCUT2D eigenvalue weighted by atomic mass is 10.4. The molecule has 0 aliphatic rings. The average molecular weight is 541 g/mol. The van der Waals surface area contributed by atoms with Gasteiger partial charge in [-0.2, -0.15) is 0 Å². The molecule has 0 radical (unpaired) electrons. The third-order valence-corrected chi connectivity index (χ3v) is 10.3. The molecule has 0 unspecified atom stereocenters. The molecule has 0 aromatic heterocycles. The quantitative estimate of drug-likeness (QED) is 0.142. The van der Waals surface area contributed by atoms with Crippen LogP contribution in [0.25, 0.3) is 0 Å². The van der Waals surface area contributed by atoms with Gasteiger partial charge in [-0.1, -0.05) is 54.6 Å². The topological polar surface area (TPSA) is 89.2 Å². The van der Waals surface area contributed by atoms with Gasteiger partial charge in [0.1, 0.15) is 29.8 Å². The van der Waals surface area contributed by atoms with Crippen LogP contribution in [-0.2, 0) is 28.5 Å². The molecule has 2 N–H and O–H groups in total. The number of benzene rings is 3. The van der Waals surface area contributed by atoms with Gasteiger partial charge in [-0.25, -0.2) is 0 Å². The maximum Gasteiger partial charge on any atom is 0.319 e. The van der Waals surface area contributed by atoms with E-state index in [1.807, 2.05) is 0 Å². The van der Waals surface area contributed by atoms with Crippen LogP contribution >= 0.6 is 7.26 Å². The normalized spacial score (nSPS) is 11.4. The van der Waals surface area contributed by atoms with Crippen molar-refractivity contribution in [3.8, 4) is 0 Å². The van der Waals surface area contributed by atoms with Crippen LogP contribution in [0.2, 0.25) is 0 Å². The van der Waals surface area contributed by atoms with Crippen LogP contribution in [0.5, 0.6) is 0 Å². The molecule has 3 aromatic carbocycles. The molecule has 0 fully saturated rings. The highest BCUT2D eigenvalue weighted by atomic mass is 31.2. The number of esters is 1. The van der Waals surface area contributed by atoms with Crippen molar-refractivity contribution in [3.05, 3.63) is 91.0 Å². The first-order valence-electron chi connectivity index (χ1n) is 13.0. The molecular formula is C30H39NO6P+. The van der Waals surface area contributed by atoms with Crippen molar-refractivity contribution >= 4 is 29.1 Å². The number of carbonyl (C=O) groups is 1. The second kappa shape index (κ2) is 17.8. The van der Waals surface area contributed by atoms with Gasteiger partial charge in [0.15, 0.2) is 0 Å². The molecule has 0 spiro atoms. The van der Waals surface area contributed by atoms with Crippen LogP contribution in [0.15, 0.2) is 91.0 Å². The molecule has 0 aliphatic carbocycles. The smallest absolute Gasteiger partial charge is 0.319 e. The Kier molecular flexibility index (Phi) is 14.0. The van der Waals surface area contributed by atoms with Crippen molar-refractivity contribution in [3.63, 3.8) is 0 Å². The van der Waals surface area contributed by atoms with Crippen LogP contribution < -0.4 is 21.6 Å². The van der Waals surface area contributed by atoms with Gasteiger partial charge >= 0.3 is 5.97 Å². The van der Waals surface area contributed by atoms with Crippen molar-refractivity contribution in [2.24, 2.45) is 5.73 Å². The largest absolute Gasteiger partial charge is 0.462 e. The summed E-state index contributed by atoms with van der Waals surface area (Å²) in [5.41, 5.74) is 5.16. The van der Waals surface area contributed by atoms with Gasteiger partial charge in [-0.05, 0) is 36.4 Å². The van der Waals surface area contributed by atoms with E-state index in [1.165, 1.54) is 15.9 Å². The Morgan fingerprint density at radius 3 is 1.24 bits per heavy atom. The number of rotatable bonds is 19. The van der Waals surface area contributed by atoms with Crippen LogP contribution in [0.3, 0.4) is 0 Å². The van der Waals surface area contributed by atoms with E-state index in [1.54, 1.807) is 0 Å². The Morgan fingerprint density at radius 2 is 0.868 bits per heavy atom. The first-order chi connectivity index (χ1) is 18.8. The fourth-order valence-electron chi connectivity index (χ4n) is 4.12. The first-order valence-corrected chi connectivity index (χ1v) is 15.0. The van der Waals surface area contributed by atoms with Crippen molar-refractivity contribution in [2.45, 2.75) is 0 Å². The third-order valence-electron chi connectivity index (χ3n) is 5.94. The summed E-state index contributed by atoms with van der Waals surface area (Å²) in [5, 5.41) is 4.07. The SMILES string of the molecule is NCC(=O)OCCOCCOCCOCCOCC[P+](c1ccccc1)(c1ccccc1)c1ccccc1. The van der Waals surface area contributed by atoms with Gasteiger partial charge in [0, 0.05) is 0 Å². The third kappa shape index (κ3) is 9.59. The molecule has 0 bridgehead atoms. The summed E-state index contributed by atoms with van der Waals surface area (Å²) in [6, 6.07) is 32.4. The minimum absolute atomic E-state index is 0.120. The van der Waals surface area contributed by atoms with Gasteiger partial charge in [0.2, 0.25) is 0 Å². The summed E-state index contributed by atoms with van der Waals surface area (Å²) in [4.78, 5) is 10.9. The molecule has 0 aliphatic heterocycles. The van der Waals surface area contributed by atoms with Gasteiger partial charge in [0.05, 0.1) is 65.6 Å². The van der Waals surface area contributed by atoms with Crippen molar-refractivity contribution in [1.29, 1.82) is 0 Å². The zero-order valence-corrected chi connectivity index (χ0v) is 22.8. The minimum Gasteiger partial charge on any atom is -0.462 e. The predicted molar refractivity (Wildman–Crippen MR) is 153 cm³/mol. The molecular weight excluding hydrogens is 501 g/mol. The molecule has 7 nitrogen and oxygen atoms in total. The zero-order valence-electron chi connectivity index (χ0n) is 21.9. The predicted octanol–water partition coefficient (Wildman–Crippen LogP) is 2.55. The summed E-state index contributed by atoms with van der Waals surface area (Å²) < 4.78 is 27.3. The lowest BCUT2D eigenvalue weighted by Crippen LogP contribution is -2.34. The first kappa shape index (κ1) is 29.9. The summed E-state index contributed by atoms with van der Waals surface area (Å²) in [7, 11) is -1.87. The molecule has 8 heteroatoms. The highest BCUT2D eigenvalue weighted by Crippen LogP contribution is 2.54. The monoisotopic (exact) mass is 540 g/mol. The van der Waals surface area contributed by atoms with Gasteiger partial charge in [-0.15, -0.1) is 0 Å². The molecule has 3 aromatic rings. The van der Waals surface area contributed by atoms with E-state index in [9.17, 15) is 4.79 Å². The maximum atomic E-state index is 10.9. The van der Waals surface area contributed by atoms with E-state index in [0.717, 1.165) is 6.16 Å². The summed E-state index contributed by atoms with van der Waals surface area (Å²) in [5.74, 6) is -0.435. The number of nitrogens with two attached hydrogens (primary N) is 1.